The molecule has 0 spiro atoms. The minimum absolute atomic E-state index is 0.672. The van der Waals surface area contributed by atoms with Crippen LogP contribution in [0.2, 0.25) is 0 Å². The maximum atomic E-state index is 5.52. The van der Waals surface area contributed by atoms with Gasteiger partial charge in [0.15, 0.2) is 0 Å². The van der Waals surface area contributed by atoms with E-state index in [1.807, 2.05) is 25.1 Å². The van der Waals surface area contributed by atoms with Gasteiger partial charge in [-0.05, 0) is 38.1 Å². The summed E-state index contributed by atoms with van der Waals surface area (Å²) >= 11 is 3.43. The van der Waals surface area contributed by atoms with Crippen LogP contribution in [0.4, 0.5) is 0 Å². The van der Waals surface area contributed by atoms with Gasteiger partial charge in [-0.3, -0.25) is 0 Å². The van der Waals surface area contributed by atoms with Crippen molar-refractivity contribution in [2.75, 3.05) is 6.54 Å². The molecule has 0 saturated carbocycles. The summed E-state index contributed by atoms with van der Waals surface area (Å²) in [6.07, 6.45) is 1.75. The van der Waals surface area contributed by atoms with Crippen molar-refractivity contribution in [1.82, 2.24) is 9.97 Å². The lowest BCUT2D eigenvalue weighted by Gasteiger charge is -2.06. The zero-order chi connectivity index (χ0) is 13.0. The second-order valence-electron chi connectivity index (χ2n) is 4.21. The van der Waals surface area contributed by atoms with Gasteiger partial charge in [-0.1, -0.05) is 28.1 Å². The standard InChI is InChI=1S/C14H16BrN3/c1-10-9-13(11-4-6-12(15)7-5-11)18-14(17-10)3-2-8-16/h4-7,9H,2-3,8,16H2,1H3. The Morgan fingerprint density at radius 1 is 1.17 bits per heavy atom. The average Bonchev–Trinajstić information content (AvgIpc) is 2.36. The summed E-state index contributed by atoms with van der Waals surface area (Å²) in [6, 6.07) is 10.2. The van der Waals surface area contributed by atoms with E-state index in [1.54, 1.807) is 0 Å². The normalized spacial score (nSPS) is 10.6. The molecule has 3 nitrogen and oxygen atoms in total. The fourth-order valence-corrected chi connectivity index (χ4v) is 2.03. The Balaban J connectivity index is 2.32. The molecule has 2 aromatic rings. The van der Waals surface area contributed by atoms with Gasteiger partial charge in [0.25, 0.3) is 0 Å². The van der Waals surface area contributed by atoms with Gasteiger partial charge in [-0.2, -0.15) is 0 Å². The predicted octanol–water partition coefficient (Wildman–Crippen LogP) is 3.11. The van der Waals surface area contributed by atoms with Crippen molar-refractivity contribution in [3.8, 4) is 11.3 Å². The molecule has 4 heteroatoms. The van der Waals surface area contributed by atoms with Gasteiger partial charge in [0.1, 0.15) is 5.82 Å². The van der Waals surface area contributed by atoms with Crippen LogP contribution in [0, 0.1) is 6.92 Å². The monoisotopic (exact) mass is 305 g/mol. The second-order valence-corrected chi connectivity index (χ2v) is 5.13. The summed E-state index contributed by atoms with van der Waals surface area (Å²) in [7, 11) is 0. The molecular weight excluding hydrogens is 290 g/mol. The first-order valence-electron chi connectivity index (χ1n) is 5.99. The quantitative estimate of drug-likeness (QED) is 0.944. The molecule has 2 rings (SSSR count). The summed E-state index contributed by atoms with van der Waals surface area (Å²) in [5.41, 5.74) is 8.60. The Hall–Kier alpha value is -1.26. The summed E-state index contributed by atoms with van der Waals surface area (Å²) in [6.45, 7) is 2.67. The topological polar surface area (TPSA) is 51.8 Å². The smallest absolute Gasteiger partial charge is 0.129 e. The van der Waals surface area contributed by atoms with Crippen molar-refractivity contribution in [2.24, 2.45) is 5.73 Å². The fraction of sp³-hybridized carbons (Fsp3) is 0.286. The van der Waals surface area contributed by atoms with Crippen LogP contribution in [0.5, 0.6) is 0 Å². The molecule has 94 valence electrons. The number of halogens is 1. The van der Waals surface area contributed by atoms with E-state index < -0.39 is 0 Å². The number of rotatable bonds is 4. The van der Waals surface area contributed by atoms with Crippen molar-refractivity contribution >= 4 is 15.9 Å². The Morgan fingerprint density at radius 3 is 2.56 bits per heavy atom. The molecule has 0 fully saturated rings. The third kappa shape index (κ3) is 3.37. The molecule has 1 heterocycles. The van der Waals surface area contributed by atoms with Gasteiger partial charge < -0.3 is 5.73 Å². The molecular formula is C14H16BrN3. The van der Waals surface area contributed by atoms with Crippen LogP contribution in [0.25, 0.3) is 11.3 Å². The maximum Gasteiger partial charge on any atom is 0.129 e. The molecule has 0 amide bonds. The lowest BCUT2D eigenvalue weighted by atomic mass is 10.1. The van der Waals surface area contributed by atoms with Gasteiger partial charge in [0, 0.05) is 22.2 Å². The van der Waals surface area contributed by atoms with Crippen molar-refractivity contribution in [1.29, 1.82) is 0 Å². The third-order valence-electron chi connectivity index (χ3n) is 2.65. The molecule has 0 aliphatic rings. The minimum atomic E-state index is 0.672. The van der Waals surface area contributed by atoms with Crippen molar-refractivity contribution in [3.63, 3.8) is 0 Å². The van der Waals surface area contributed by atoms with Crippen LogP contribution < -0.4 is 5.73 Å². The molecule has 1 aromatic carbocycles. The molecule has 0 aliphatic heterocycles. The first kappa shape index (κ1) is 13.2. The lowest BCUT2D eigenvalue weighted by Crippen LogP contribution is -2.04. The number of aromatic nitrogens is 2. The molecule has 0 saturated heterocycles. The van der Waals surface area contributed by atoms with E-state index in [0.29, 0.717) is 6.54 Å². The van der Waals surface area contributed by atoms with E-state index in [1.165, 1.54) is 0 Å². The van der Waals surface area contributed by atoms with Crippen LogP contribution in [0.1, 0.15) is 17.9 Å². The van der Waals surface area contributed by atoms with Crippen LogP contribution in [0.3, 0.4) is 0 Å². The Labute approximate surface area is 116 Å². The zero-order valence-electron chi connectivity index (χ0n) is 10.4. The SMILES string of the molecule is Cc1cc(-c2ccc(Br)cc2)nc(CCCN)n1. The largest absolute Gasteiger partial charge is 0.330 e. The predicted molar refractivity (Wildman–Crippen MR) is 77.3 cm³/mol. The van der Waals surface area contributed by atoms with Crippen LogP contribution in [0.15, 0.2) is 34.8 Å². The molecule has 0 bridgehead atoms. The third-order valence-corrected chi connectivity index (χ3v) is 3.17. The van der Waals surface area contributed by atoms with Gasteiger partial charge in [0.2, 0.25) is 0 Å². The highest BCUT2D eigenvalue weighted by atomic mass is 79.9. The van der Waals surface area contributed by atoms with Gasteiger partial charge in [-0.15, -0.1) is 0 Å². The Morgan fingerprint density at radius 2 is 1.89 bits per heavy atom. The Bertz CT molecular complexity index is 523. The first-order valence-corrected chi connectivity index (χ1v) is 6.79. The molecule has 2 N–H and O–H groups in total. The zero-order valence-corrected chi connectivity index (χ0v) is 11.9. The van der Waals surface area contributed by atoms with Gasteiger partial charge in [-0.25, -0.2) is 9.97 Å². The highest BCUT2D eigenvalue weighted by Gasteiger charge is 2.04. The van der Waals surface area contributed by atoms with E-state index in [-0.39, 0.29) is 0 Å². The molecule has 0 aliphatic carbocycles. The van der Waals surface area contributed by atoms with E-state index in [0.717, 1.165) is 40.1 Å². The first-order chi connectivity index (χ1) is 8.69. The van der Waals surface area contributed by atoms with Gasteiger partial charge >= 0.3 is 0 Å². The van der Waals surface area contributed by atoms with Crippen LogP contribution in [-0.2, 0) is 6.42 Å². The molecule has 0 atom stereocenters. The van der Waals surface area contributed by atoms with Crippen LogP contribution in [-0.4, -0.2) is 16.5 Å². The Kier molecular flexibility index (Phi) is 4.44. The number of nitrogens with two attached hydrogens (primary N) is 1. The van der Waals surface area contributed by atoms with E-state index in [9.17, 15) is 0 Å². The van der Waals surface area contributed by atoms with Gasteiger partial charge in [0.05, 0.1) is 5.69 Å². The van der Waals surface area contributed by atoms with E-state index in [2.05, 4.69) is 38.0 Å². The average molecular weight is 306 g/mol. The number of aryl methyl sites for hydroxylation is 2. The van der Waals surface area contributed by atoms with Crippen molar-refractivity contribution < 1.29 is 0 Å². The summed E-state index contributed by atoms with van der Waals surface area (Å²) in [4.78, 5) is 9.03. The highest BCUT2D eigenvalue weighted by molar-refractivity contribution is 9.10. The van der Waals surface area contributed by atoms with Crippen molar-refractivity contribution in [2.45, 2.75) is 19.8 Å². The molecule has 0 unspecified atom stereocenters. The fourth-order valence-electron chi connectivity index (χ4n) is 1.77. The summed E-state index contributed by atoms with van der Waals surface area (Å²) < 4.78 is 1.07. The molecule has 0 radical (unpaired) electrons. The number of benzene rings is 1. The number of hydrogen-bond donors (Lipinski definition) is 1. The second kappa shape index (κ2) is 6.07. The molecule has 18 heavy (non-hydrogen) atoms. The minimum Gasteiger partial charge on any atom is -0.330 e. The van der Waals surface area contributed by atoms with Crippen LogP contribution >= 0.6 is 15.9 Å². The van der Waals surface area contributed by atoms with E-state index in [4.69, 9.17) is 5.73 Å². The summed E-state index contributed by atoms with van der Waals surface area (Å²) in [5, 5.41) is 0. The molecule has 1 aromatic heterocycles. The highest BCUT2D eigenvalue weighted by Crippen LogP contribution is 2.20. The van der Waals surface area contributed by atoms with Crippen molar-refractivity contribution in [3.05, 3.63) is 46.3 Å². The summed E-state index contributed by atoms with van der Waals surface area (Å²) in [5.74, 6) is 0.873. The maximum absolute atomic E-state index is 5.52. The number of hydrogen-bond acceptors (Lipinski definition) is 3. The number of nitrogens with zero attached hydrogens (tertiary/aromatic N) is 2. The van der Waals surface area contributed by atoms with E-state index >= 15 is 0 Å². The lowest BCUT2D eigenvalue weighted by molar-refractivity contribution is 0.777.